The van der Waals surface area contributed by atoms with Gasteiger partial charge in [-0.3, -0.25) is 9.59 Å². The number of hydrogen-bond acceptors (Lipinski definition) is 6. The molecular formula is C26H27N3O5. The van der Waals surface area contributed by atoms with Crippen LogP contribution in [0.4, 0.5) is 5.69 Å². The first-order valence-corrected chi connectivity index (χ1v) is 10.6. The summed E-state index contributed by atoms with van der Waals surface area (Å²) in [4.78, 5) is 28.8. The Hall–Kier alpha value is -3.93. The van der Waals surface area contributed by atoms with Crippen molar-refractivity contribution in [1.29, 1.82) is 0 Å². The number of amides is 2. The van der Waals surface area contributed by atoms with Crippen LogP contribution in [-0.2, 0) is 16.1 Å². The number of nitrogens with zero attached hydrogens (tertiary/aromatic N) is 1. The van der Waals surface area contributed by atoms with Gasteiger partial charge >= 0.3 is 0 Å². The van der Waals surface area contributed by atoms with E-state index in [1.807, 2.05) is 6.07 Å². The molecule has 0 atom stereocenters. The van der Waals surface area contributed by atoms with Gasteiger partial charge in [-0.2, -0.15) is 0 Å². The van der Waals surface area contributed by atoms with Crippen LogP contribution in [0.2, 0.25) is 0 Å². The quantitative estimate of drug-likeness (QED) is 0.466. The molecule has 0 aliphatic rings. The van der Waals surface area contributed by atoms with Gasteiger partial charge < -0.3 is 24.9 Å². The van der Waals surface area contributed by atoms with Gasteiger partial charge in [-0.1, -0.05) is 17.9 Å². The number of hydrogen-bond donors (Lipinski definition) is 3. The minimum atomic E-state index is -1.08. The van der Waals surface area contributed by atoms with Crippen molar-refractivity contribution in [3.8, 4) is 23.3 Å². The first kappa shape index (κ1) is 24.7. The van der Waals surface area contributed by atoms with E-state index in [0.29, 0.717) is 39.7 Å². The molecule has 1 aromatic heterocycles. The first-order valence-electron chi connectivity index (χ1n) is 10.6. The average molecular weight is 462 g/mol. The average Bonchev–Trinajstić information content (AvgIpc) is 3.17. The molecular weight excluding hydrogens is 434 g/mol. The van der Waals surface area contributed by atoms with Crippen molar-refractivity contribution in [2.24, 2.45) is 0 Å². The van der Waals surface area contributed by atoms with Gasteiger partial charge in [0.2, 0.25) is 11.8 Å². The summed E-state index contributed by atoms with van der Waals surface area (Å²) in [6.45, 7) is 5.15. The normalized spacial score (nSPS) is 10.9. The van der Waals surface area contributed by atoms with Gasteiger partial charge in [-0.25, -0.2) is 4.98 Å². The van der Waals surface area contributed by atoms with Crippen LogP contribution in [0.1, 0.15) is 41.2 Å². The third-order valence-electron chi connectivity index (χ3n) is 4.64. The minimum Gasteiger partial charge on any atom is -0.441 e. The molecule has 0 saturated carbocycles. The van der Waals surface area contributed by atoms with Crippen LogP contribution in [0, 0.1) is 18.8 Å². The predicted octanol–water partition coefficient (Wildman–Crippen LogP) is 3.29. The molecule has 3 rings (SSSR count). The second-order valence-corrected chi connectivity index (χ2v) is 8.15. The summed E-state index contributed by atoms with van der Waals surface area (Å²) in [5.41, 5.74) is 2.00. The number of anilines is 1. The highest BCUT2D eigenvalue weighted by Crippen LogP contribution is 2.24. The minimum absolute atomic E-state index is 0.0385. The van der Waals surface area contributed by atoms with E-state index < -0.39 is 5.60 Å². The maximum Gasteiger partial charge on any atom is 0.251 e. The number of ether oxygens (including phenoxy) is 1. The van der Waals surface area contributed by atoms with Crippen molar-refractivity contribution in [1.82, 2.24) is 10.3 Å². The molecule has 1 heterocycles. The summed E-state index contributed by atoms with van der Waals surface area (Å²) in [7, 11) is 1.45. The van der Waals surface area contributed by atoms with Crippen molar-refractivity contribution in [3.63, 3.8) is 0 Å². The van der Waals surface area contributed by atoms with Crippen molar-refractivity contribution in [2.45, 2.75) is 32.9 Å². The highest BCUT2D eigenvalue weighted by molar-refractivity contribution is 5.94. The van der Waals surface area contributed by atoms with E-state index in [2.05, 4.69) is 27.5 Å². The van der Waals surface area contributed by atoms with Gasteiger partial charge in [0.05, 0.1) is 6.54 Å². The van der Waals surface area contributed by atoms with Crippen LogP contribution < -0.4 is 10.6 Å². The van der Waals surface area contributed by atoms with E-state index >= 15 is 0 Å². The van der Waals surface area contributed by atoms with Gasteiger partial charge in [-0.15, -0.1) is 0 Å². The number of benzene rings is 2. The van der Waals surface area contributed by atoms with Crippen molar-refractivity contribution >= 4 is 17.5 Å². The molecule has 2 aromatic carbocycles. The summed E-state index contributed by atoms with van der Waals surface area (Å²) in [5.74, 6) is 6.06. The molecule has 3 N–H and O–H groups in total. The lowest BCUT2D eigenvalue weighted by molar-refractivity contribution is -0.119. The molecule has 0 fully saturated rings. The topological polar surface area (TPSA) is 114 Å². The Bertz CT molecular complexity index is 1230. The Morgan fingerprint density at radius 3 is 2.59 bits per heavy atom. The summed E-state index contributed by atoms with van der Waals surface area (Å²) >= 11 is 0. The van der Waals surface area contributed by atoms with Gasteiger partial charge in [0.1, 0.15) is 23.7 Å². The number of aromatic nitrogens is 1. The van der Waals surface area contributed by atoms with E-state index in [4.69, 9.17) is 9.15 Å². The zero-order valence-corrected chi connectivity index (χ0v) is 19.6. The maximum absolute atomic E-state index is 12.5. The Morgan fingerprint density at radius 2 is 1.91 bits per heavy atom. The molecule has 0 radical (unpaired) electrons. The van der Waals surface area contributed by atoms with Crippen molar-refractivity contribution < 1.29 is 23.8 Å². The van der Waals surface area contributed by atoms with Crippen molar-refractivity contribution in [2.75, 3.05) is 19.0 Å². The number of aryl methyl sites for hydroxylation is 1. The van der Waals surface area contributed by atoms with Crippen LogP contribution >= 0.6 is 0 Å². The van der Waals surface area contributed by atoms with Gasteiger partial charge in [0, 0.05) is 29.5 Å². The number of rotatable bonds is 7. The molecule has 8 nitrogen and oxygen atoms in total. The lowest BCUT2D eigenvalue weighted by atomic mass is 10.1. The SMILES string of the molecule is COCC(=O)Nc1cccc(-c2nc(CNC(=O)c3ccc(C#CC(C)(C)O)cc3)c(C)o2)c1. The lowest BCUT2D eigenvalue weighted by Gasteiger charge is -2.06. The third-order valence-corrected chi connectivity index (χ3v) is 4.64. The molecule has 0 aliphatic heterocycles. The monoisotopic (exact) mass is 461 g/mol. The number of carbonyl (C=O) groups is 2. The number of methoxy groups -OCH3 is 1. The highest BCUT2D eigenvalue weighted by atomic mass is 16.5. The predicted molar refractivity (Wildman–Crippen MR) is 128 cm³/mol. The summed E-state index contributed by atoms with van der Waals surface area (Å²) in [6.07, 6.45) is 0. The van der Waals surface area contributed by atoms with Crippen LogP contribution in [0.5, 0.6) is 0 Å². The fourth-order valence-corrected chi connectivity index (χ4v) is 2.97. The van der Waals surface area contributed by atoms with Gasteiger partial charge in [-0.05, 0) is 63.2 Å². The molecule has 8 heteroatoms. The third kappa shape index (κ3) is 7.04. The van der Waals surface area contributed by atoms with Crippen LogP contribution in [0.3, 0.4) is 0 Å². The number of aliphatic hydroxyl groups is 1. The van der Waals surface area contributed by atoms with Crippen LogP contribution in [0.15, 0.2) is 52.9 Å². The fourth-order valence-electron chi connectivity index (χ4n) is 2.97. The van der Waals surface area contributed by atoms with Gasteiger partial charge in [0.25, 0.3) is 5.91 Å². The zero-order valence-electron chi connectivity index (χ0n) is 19.6. The second-order valence-electron chi connectivity index (χ2n) is 8.15. The van der Waals surface area contributed by atoms with Crippen LogP contribution in [0.25, 0.3) is 11.5 Å². The van der Waals surface area contributed by atoms with E-state index in [-0.39, 0.29) is 25.0 Å². The van der Waals surface area contributed by atoms with Crippen molar-refractivity contribution in [3.05, 3.63) is 71.1 Å². The molecule has 2 amide bonds. The smallest absolute Gasteiger partial charge is 0.251 e. The summed E-state index contributed by atoms with van der Waals surface area (Å²) in [5, 5.41) is 15.3. The molecule has 34 heavy (non-hydrogen) atoms. The van der Waals surface area contributed by atoms with E-state index in [1.165, 1.54) is 7.11 Å². The Balaban J connectivity index is 1.65. The standard InChI is InChI=1S/C26H27N3O5/c1-17-22(15-27-24(31)19-10-8-18(9-11-19)12-13-26(2,3)32)29-25(34-17)20-6-5-7-21(14-20)28-23(30)16-33-4/h5-11,14,32H,15-16H2,1-4H3,(H,27,31)(H,28,30). The maximum atomic E-state index is 12.5. The second kappa shape index (κ2) is 10.8. The molecule has 0 bridgehead atoms. The van der Waals surface area contributed by atoms with Crippen LogP contribution in [-0.4, -0.2) is 41.2 Å². The largest absolute Gasteiger partial charge is 0.441 e. The van der Waals surface area contributed by atoms with E-state index in [0.717, 1.165) is 0 Å². The number of oxazole rings is 1. The van der Waals surface area contributed by atoms with E-state index in [1.54, 1.807) is 63.2 Å². The lowest BCUT2D eigenvalue weighted by Crippen LogP contribution is -2.23. The Kier molecular flexibility index (Phi) is 7.84. The summed E-state index contributed by atoms with van der Waals surface area (Å²) in [6, 6.07) is 13.9. The Labute approximate surface area is 198 Å². The molecule has 0 spiro atoms. The fraction of sp³-hybridized carbons (Fsp3) is 0.269. The number of carbonyl (C=O) groups excluding carboxylic acids is 2. The first-order chi connectivity index (χ1) is 16.1. The molecule has 3 aromatic rings. The Morgan fingerprint density at radius 1 is 1.18 bits per heavy atom. The number of nitrogens with one attached hydrogen (secondary N) is 2. The summed E-state index contributed by atoms with van der Waals surface area (Å²) < 4.78 is 10.6. The zero-order chi connectivity index (χ0) is 24.7. The molecule has 176 valence electrons. The molecule has 0 unspecified atom stereocenters. The molecule has 0 saturated heterocycles. The van der Waals surface area contributed by atoms with E-state index in [9.17, 15) is 14.7 Å². The molecule has 0 aliphatic carbocycles. The highest BCUT2D eigenvalue weighted by Gasteiger charge is 2.14. The van der Waals surface area contributed by atoms with Gasteiger partial charge in [0.15, 0.2) is 0 Å².